The van der Waals surface area contributed by atoms with Crippen LogP contribution in [0.3, 0.4) is 0 Å². The summed E-state index contributed by atoms with van der Waals surface area (Å²) in [6, 6.07) is 2.13. The molecule has 1 saturated heterocycles. The molecule has 0 radical (unpaired) electrons. The van der Waals surface area contributed by atoms with Gasteiger partial charge in [0.2, 0.25) is 0 Å². The third-order valence-corrected chi connectivity index (χ3v) is 3.08. The number of likely N-dealkylation sites (tertiary alicyclic amines) is 1. The molecule has 0 spiro atoms. The zero-order valence-electron chi connectivity index (χ0n) is 9.51. The Kier molecular flexibility index (Phi) is 4.20. The summed E-state index contributed by atoms with van der Waals surface area (Å²) in [5.74, 6) is 0. The summed E-state index contributed by atoms with van der Waals surface area (Å²) in [6.45, 7) is 8.04. The fraction of sp³-hybridized carbons (Fsp3) is 1.00. The summed E-state index contributed by atoms with van der Waals surface area (Å²) in [5, 5.41) is 3.64. The van der Waals surface area contributed by atoms with Gasteiger partial charge >= 0.3 is 0 Å². The van der Waals surface area contributed by atoms with Crippen molar-refractivity contribution in [2.24, 2.45) is 0 Å². The first kappa shape index (κ1) is 11.0. The lowest BCUT2D eigenvalue weighted by atomic mass is 10.1. The first-order valence-electron chi connectivity index (χ1n) is 5.56. The van der Waals surface area contributed by atoms with Gasteiger partial charge in [-0.05, 0) is 39.8 Å². The predicted molar refractivity (Wildman–Crippen MR) is 58.0 cm³/mol. The minimum atomic E-state index is 0.628. The molecule has 1 heterocycles. The molecule has 13 heavy (non-hydrogen) atoms. The van der Waals surface area contributed by atoms with Gasteiger partial charge in [0.1, 0.15) is 0 Å². The molecule has 2 atom stereocenters. The molecule has 2 nitrogen and oxygen atoms in total. The van der Waals surface area contributed by atoms with Crippen molar-refractivity contribution in [3.05, 3.63) is 0 Å². The van der Waals surface area contributed by atoms with Gasteiger partial charge in [0.15, 0.2) is 0 Å². The molecule has 0 saturated carbocycles. The Morgan fingerprint density at radius 2 is 1.92 bits per heavy atom. The van der Waals surface area contributed by atoms with Crippen LogP contribution in [0, 0.1) is 0 Å². The first-order chi connectivity index (χ1) is 6.09. The fourth-order valence-corrected chi connectivity index (χ4v) is 2.03. The van der Waals surface area contributed by atoms with Gasteiger partial charge in [-0.3, -0.25) is 0 Å². The topological polar surface area (TPSA) is 15.3 Å². The predicted octanol–water partition coefficient (Wildman–Crippen LogP) is 1.86. The van der Waals surface area contributed by atoms with E-state index in [4.69, 9.17) is 0 Å². The van der Waals surface area contributed by atoms with Crippen molar-refractivity contribution in [3.8, 4) is 0 Å². The van der Waals surface area contributed by atoms with E-state index >= 15 is 0 Å². The van der Waals surface area contributed by atoms with Gasteiger partial charge in [-0.15, -0.1) is 0 Å². The van der Waals surface area contributed by atoms with Crippen molar-refractivity contribution >= 4 is 0 Å². The number of rotatable bonds is 2. The van der Waals surface area contributed by atoms with Gasteiger partial charge < -0.3 is 10.2 Å². The molecule has 1 fully saturated rings. The van der Waals surface area contributed by atoms with E-state index < -0.39 is 0 Å². The van der Waals surface area contributed by atoms with E-state index in [-0.39, 0.29) is 0 Å². The Hall–Kier alpha value is -0.0800. The van der Waals surface area contributed by atoms with Crippen LogP contribution < -0.4 is 5.32 Å². The number of nitrogens with one attached hydrogen (secondary N) is 1. The minimum absolute atomic E-state index is 0.628. The normalized spacial score (nSPS) is 32.1. The van der Waals surface area contributed by atoms with Crippen LogP contribution in [0.2, 0.25) is 0 Å². The van der Waals surface area contributed by atoms with E-state index in [1.165, 1.54) is 25.8 Å². The Morgan fingerprint density at radius 1 is 1.23 bits per heavy atom. The highest BCUT2D eigenvalue weighted by molar-refractivity contribution is 4.78. The zero-order chi connectivity index (χ0) is 9.84. The standard InChI is InChI=1S/C11H24N2/c1-9(2)12-11-6-5-10(3)13(4)8-7-11/h9-12H,5-8H2,1-4H3/t10-,11?/m1/s1. The molecule has 1 aliphatic heterocycles. The van der Waals surface area contributed by atoms with Gasteiger partial charge in [0.25, 0.3) is 0 Å². The van der Waals surface area contributed by atoms with Crippen molar-refractivity contribution in [1.29, 1.82) is 0 Å². The van der Waals surface area contributed by atoms with E-state index in [9.17, 15) is 0 Å². The smallest absolute Gasteiger partial charge is 0.00821 e. The molecular weight excluding hydrogens is 160 g/mol. The molecule has 1 rings (SSSR count). The molecule has 2 heteroatoms. The van der Waals surface area contributed by atoms with Crippen LogP contribution in [0.4, 0.5) is 0 Å². The average molecular weight is 184 g/mol. The summed E-state index contributed by atoms with van der Waals surface area (Å²) in [5.41, 5.74) is 0. The molecule has 1 unspecified atom stereocenters. The lowest BCUT2D eigenvalue weighted by Crippen LogP contribution is -2.35. The molecule has 0 aromatic rings. The minimum Gasteiger partial charge on any atom is -0.312 e. The second-order valence-electron chi connectivity index (χ2n) is 4.71. The maximum absolute atomic E-state index is 3.64. The van der Waals surface area contributed by atoms with E-state index in [0.29, 0.717) is 6.04 Å². The SMILES string of the molecule is CC(C)NC1CC[C@@H](C)N(C)CC1. The van der Waals surface area contributed by atoms with Gasteiger partial charge in [-0.1, -0.05) is 13.8 Å². The van der Waals surface area contributed by atoms with E-state index in [0.717, 1.165) is 12.1 Å². The monoisotopic (exact) mass is 184 g/mol. The van der Waals surface area contributed by atoms with Crippen LogP contribution in [0.25, 0.3) is 0 Å². The molecule has 0 aliphatic carbocycles. The van der Waals surface area contributed by atoms with E-state index in [1.807, 2.05) is 0 Å². The molecule has 0 aromatic heterocycles. The van der Waals surface area contributed by atoms with Gasteiger partial charge in [0.05, 0.1) is 0 Å². The Labute approximate surface area is 82.7 Å². The van der Waals surface area contributed by atoms with Gasteiger partial charge in [0, 0.05) is 18.1 Å². The Balaban J connectivity index is 2.35. The van der Waals surface area contributed by atoms with Crippen molar-refractivity contribution < 1.29 is 0 Å². The van der Waals surface area contributed by atoms with Crippen molar-refractivity contribution in [1.82, 2.24) is 10.2 Å². The molecule has 1 N–H and O–H groups in total. The van der Waals surface area contributed by atoms with Crippen LogP contribution in [0.5, 0.6) is 0 Å². The van der Waals surface area contributed by atoms with E-state index in [2.05, 4.69) is 38.0 Å². The maximum Gasteiger partial charge on any atom is 0.00821 e. The summed E-state index contributed by atoms with van der Waals surface area (Å²) in [7, 11) is 2.24. The molecule has 0 amide bonds. The zero-order valence-corrected chi connectivity index (χ0v) is 9.51. The van der Waals surface area contributed by atoms with Crippen LogP contribution in [0.15, 0.2) is 0 Å². The number of hydrogen-bond acceptors (Lipinski definition) is 2. The third kappa shape index (κ3) is 3.65. The highest BCUT2D eigenvalue weighted by atomic mass is 15.1. The van der Waals surface area contributed by atoms with Crippen molar-refractivity contribution in [2.75, 3.05) is 13.6 Å². The Morgan fingerprint density at radius 3 is 2.54 bits per heavy atom. The van der Waals surface area contributed by atoms with E-state index in [1.54, 1.807) is 0 Å². The highest BCUT2D eigenvalue weighted by Crippen LogP contribution is 2.15. The van der Waals surface area contributed by atoms with Crippen molar-refractivity contribution in [3.63, 3.8) is 0 Å². The summed E-state index contributed by atoms with van der Waals surface area (Å²) in [6.07, 6.45) is 3.98. The largest absolute Gasteiger partial charge is 0.312 e. The van der Waals surface area contributed by atoms with Gasteiger partial charge in [-0.25, -0.2) is 0 Å². The van der Waals surface area contributed by atoms with Crippen molar-refractivity contribution in [2.45, 2.75) is 58.2 Å². The molecule has 0 bridgehead atoms. The molecule has 78 valence electrons. The summed E-state index contributed by atoms with van der Waals surface area (Å²) < 4.78 is 0. The molecule has 0 aromatic carbocycles. The lowest BCUT2D eigenvalue weighted by molar-refractivity contribution is 0.263. The third-order valence-electron chi connectivity index (χ3n) is 3.08. The first-order valence-corrected chi connectivity index (χ1v) is 5.56. The fourth-order valence-electron chi connectivity index (χ4n) is 2.03. The highest BCUT2D eigenvalue weighted by Gasteiger charge is 2.19. The number of hydrogen-bond donors (Lipinski definition) is 1. The van der Waals surface area contributed by atoms with Crippen LogP contribution in [-0.4, -0.2) is 36.6 Å². The second-order valence-corrected chi connectivity index (χ2v) is 4.71. The number of nitrogens with zero attached hydrogens (tertiary/aromatic N) is 1. The quantitative estimate of drug-likeness (QED) is 0.704. The lowest BCUT2D eigenvalue weighted by Gasteiger charge is -2.20. The van der Waals surface area contributed by atoms with Crippen LogP contribution in [-0.2, 0) is 0 Å². The van der Waals surface area contributed by atoms with Crippen LogP contribution >= 0.6 is 0 Å². The second kappa shape index (κ2) is 4.97. The van der Waals surface area contributed by atoms with Crippen LogP contribution in [0.1, 0.15) is 40.0 Å². The molecular formula is C11H24N2. The van der Waals surface area contributed by atoms with Gasteiger partial charge in [-0.2, -0.15) is 0 Å². The Bertz CT molecular complexity index is 133. The average Bonchev–Trinajstić information content (AvgIpc) is 2.19. The maximum atomic E-state index is 3.64. The summed E-state index contributed by atoms with van der Waals surface area (Å²) in [4.78, 5) is 2.47. The summed E-state index contributed by atoms with van der Waals surface area (Å²) >= 11 is 0. The molecule has 1 aliphatic rings.